The lowest BCUT2D eigenvalue weighted by molar-refractivity contribution is 0.486. The van der Waals surface area contributed by atoms with Crippen LogP contribution in [0.2, 0.25) is 5.02 Å². The predicted molar refractivity (Wildman–Crippen MR) is 84.4 cm³/mol. The maximum atomic E-state index is 12.2. The summed E-state index contributed by atoms with van der Waals surface area (Å²) < 4.78 is 29.5. The molecule has 5 heteroatoms. The molecule has 0 radical (unpaired) electrons. The summed E-state index contributed by atoms with van der Waals surface area (Å²) >= 11 is 5.76. The Kier molecular flexibility index (Phi) is 4.30. The zero-order chi connectivity index (χ0) is 15.7. The van der Waals surface area contributed by atoms with E-state index in [1.807, 2.05) is 0 Å². The van der Waals surface area contributed by atoms with Gasteiger partial charge in [-0.25, -0.2) is 0 Å². The van der Waals surface area contributed by atoms with E-state index in [-0.39, 0.29) is 16.1 Å². The first-order valence-electron chi connectivity index (χ1n) is 6.49. The van der Waals surface area contributed by atoms with Crippen molar-refractivity contribution in [3.8, 4) is 5.75 Å². The van der Waals surface area contributed by atoms with Crippen molar-refractivity contribution in [3.63, 3.8) is 0 Å². The summed E-state index contributed by atoms with van der Waals surface area (Å²) in [6.45, 7) is 6.21. The second-order valence-corrected chi connectivity index (χ2v) is 7.75. The van der Waals surface area contributed by atoms with Gasteiger partial charge < -0.3 is 4.18 Å². The first-order valence-corrected chi connectivity index (χ1v) is 8.28. The molecule has 0 spiro atoms. The van der Waals surface area contributed by atoms with E-state index < -0.39 is 10.1 Å². The summed E-state index contributed by atoms with van der Waals surface area (Å²) in [4.78, 5) is 0.130. The summed E-state index contributed by atoms with van der Waals surface area (Å²) in [6.07, 6.45) is 0. The zero-order valence-electron chi connectivity index (χ0n) is 12.1. The van der Waals surface area contributed by atoms with Gasteiger partial charge in [0, 0.05) is 5.02 Å². The summed E-state index contributed by atoms with van der Waals surface area (Å²) in [5.41, 5.74) is 1.03. The molecule has 0 aromatic heterocycles. The molecule has 0 unspecified atom stereocenters. The van der Waals surface area contributed by atoms with Crippen LogP contribution in [0.5, 0.6) is 5.75 Å². The van der Waals surface area contributed by atoms with E-state index in [0.29, 0.717) is 5.02 Å². The van der Waals surface area contributed by atoms with Crippen LogP contribution in [0, 0.1) is 0 Å². The van der Waals surface area contributed by atoms with Gasteiger partial charge in [-0.2, -0.15) is 8.42 Å². The first-order chi connectivity index (χ1) is 9.68. The van der Waals surface area contributed by atoms with Gasteiger partial charge in [-0.05, 0) is 47.4 Å². The molecule has 0 amide bonds. The van der Waals surface area contributed by atoms with E-state index in [0.717, 1.165) is 5.56 Å². The first kappa shape index (κ1) is 15.9. The average molecular weight is 325 g/mol. The molecule has 0 N–H and O–H groups in total. The minimum Gasteiger partial charge on any atom is -0.379 e. The lowest BCUT2D eigenvalue weighted by Crippen LogP contribution is -2.13. The Morgan fingerprint density at radius 1 is 0.905 bits per heavy atom. The third kappa shape index (κ3) is 3.99. The highest BCUT2D eigenvalue weighted by Crippen LogP contribution is 2.25. The Balaban J connectivity index is 2.25. The SMILES string of the molecule is CC(C)(C)c1ccc(S(=O)(=O)Oc2ccc(Cl)cc2)cc1. The third-order valence-electron chi connectivity index (χ3n) is 3.03. The molecule has 0 aliphatic heterocycles. The van der Waals surface area contributed by atoms with Gasteiger partial charge in [-0.3, -0.25) is 0 Å². The largest absolute Gasteiger partial charge is 0.379 e. The highest BCUT2D eigenvalue weighted by atomic mass is 35.5. The van der Waals surface area contributed by atoms with E-state index in [2.05, 4.69) is 20.8 Å². The van der Waals surface area contributed by atoms with E-state index in [4.69, 9.17) is 15.8 Å². The van der Waals surface area contributed by atoms with Crippen molar-refractivity contribution in [2.75, 3.05) is 0 Å². The monoisotopic (exact) mass is 324 g/mol. The van der Waals surface area contributed by atoms with Crippen LogP contribution < -0.4 is 4.18 Å². The normalized spacial score (nSPS) is 12.2. The second kappa shape index (κ2) is 5.70. The summed E-state index contributed by atoms with van der Waals surface area (Å²) in [5.74, 6) is 0.235. The molecule has 0 saturated carbocycles. The average Bonchev–Trinajstić information content (AvgIpc) is 2.40. The minimum absolute atomic E-state index is 0.0284. The summed E-state index contributed by atoms with van der Waals surface area (Å²) in [6, 6.07) is 12.9. The van der Waals surface area contributed by atoms with Gasteiger partial charge in [0.05, 0.1) is 0 Å². The Bertz CT molecular complexity index is 712. The fourth-order valence-corrected chi connectivity index (χ4v) is 2.84. The van der Waals surface area contributed by atoms with E-state index >= 15 is 0 Å². The Labute approximate surface area is 130 Å². The molecule has 0 atom stereocenters. The molecule has 2 rings (SSSR count). The van der Waals surface area contributed by atoms with Gasteiger partial charge in [0.1, 0.15) is 10.6 Å². The second-order valence-electron chi connectivity index (χ2n) is 5.77. The zero-order valence-corrected chi connectivity index (χ0v) is 13.7. The van der Waals surface area contributed by atoms with Gasteiger partial charge in [-0.15, -0.1) is 0 Å². The fraction of sp³-hybridized carbons (Fsp3) is 0.250. The molecule has 0 fully saturated rings. The lowest BCUT2D eigenvalue weighted by Gasteiger charge is -2.19. The van der Waals surface area contributed by atoms with E-state index in [9.17, 15) is 8.42 Å². The van der Waals surface area contributed by atoms with Crippen molar-refractivity contribution in [2.24, 2.45) is 0 Å². The van der Waals surface area contributed by atoms with E-state index in [1.165, 1.54) is 12.1 Å². The third-order valence-corrected chi connectivity index (χ3v) is 4.54. The molecule has 0 saturated heterocycles. The van der Waals surface area contributed by atoms with Crippen molar-refractivity contribution in [1.29, 1.82) is 0 Å². The number of hydrogen-bond donors (Lipinski definition) is 0. The van der Waals surface area contributed by atoms with Gasteiger partial charge >= 0.3 is 10.1 Å². The molecule has 2 aromatic carbocycles. The van der Waals surface area contributed by atoms with Crippen LogP contribution in [0.25, 0.3) is 0 Å². The van der Waals surface area contributed by atoms with Gasteiger partial charge in [0.2, 0.25) is 0 Å². The van der Waals surface area contributed by atoms with Crippen LogP contribution in [0.1, 0.15) is 26.3 Å². The summed E-state index contributed by atoms with van der Waals surface area (Å²) in [7, 11) is -3.83. The topological polar surface area (TPSA) is 43.4 Å². The maximum Gasteiger partial charge on any atom is 0.339 e. The van der Waals surface area contributed by atoms with Crippen molar-refractivity contribution in [2.45, 2.75) is 31.1 Å². The molecule has 2 aromatic rings. The van der Waals surface area contributed by atoms with Crippen LogP contribution in [0.3, 0.4) is 0 Å². The lowest BCUT2D eigenvalue weighted by atomic mass is 9.87. The van der Waals surface area contributed by atoms with Crippen molar-refractivity contribution >= 4 is 21.7 Å². The maximum absolute atomic E-state index is 12.2. The minimum atomic E-state index is -3.83. The smallest absolute Gasteiger partial charge is 0.339 e. The molecule has 0 bridgehead atoms. The highest BCUT2D eigenvalue weighted by Gasteiger charge is 2.19. The Morgan fingerprint density at radius 3 is 1.90 bits per heavy atom. The van der Waals surface area contributed by atoms with E-state index in [1.54, 1.807) is 36.4 Å². The van der Waals surface area contributed by atoms with Crippen molar-refractivity contribution < 1.29 is 12.6 Å². The quantitative estimate of drug-likeness (QED) is 0.786. The molecule has 0 heterocycles. The van der Waals surface area contributed by atoms with Crippen LogP contribution in [0.15, 0.2) is 53.4 Å². The molecule has 0 aliphatic carbocycles. The molecule has 112 valence electrons. The number of benzene rings is 2. The fourth-order valence-electron chi connectivity index (χ4n) is 1.79. The van der Waals surface area contributed by atoms with Crippen LogP contribution >= 0.6 is 11.6 Å². The van der Waals surface area contributed by atoms with Crippen molar-refractivity contribution in [3.05, 3.63) is 59.1 Å². The molecule has 0 aliphatic rings. The number of rotatable bonds is 3. The van der Waals surface area contributed by atoms with Crippen molar-refractivity contribution in [1.82, 2.24) is 0 Å². The molecular formula is C16H17ClO3S. The highest BCUT2D eigenvalue weighted by molar-refractivity contribution is 7.87. The van der Waals surface area contributed by atoms with Crippen LogP contribution in [-0.4, -0.2) is 8.42 Å². The molecule has 21 heavy (non-hydrogen) atoms. The van der Waals surface area contributed by atoms with Gasteiger partial charge in [0.25, 0.3) is 0 Å². The molecular weight excluding hydrogens is 308 g/mol. The van der Waals surface area contributed by atoms with Crippen LogP contribution in [0.4, 0.5) is 0 Å². The molecule has 3 nitrogen and oxygen atoms in total. The standard InChI is InChI=1S/C16H17ClO3S/c1-16(2,3)12-4-10-15(11-5-12)21(18,19)20-14-8-6-13(17)7-9-14/h4-11H,1-3H3. The number of halogens is 1. The Morgan fingerprint density at radius 2 is 1.43 bits per heavy atom. The van der Waals surface area contributed by atoms with Gasteiger partial charge in [-0.1, -0.05) is 44.5 Å². The van der Waals surface area contributed by atoms with Gasteiger partial charge in [0.15, 0.2) is 0 Å². The summed E-state index contributed by atoms with van der Waals surface area (Å²) in [5, 5.41) is 0.522. The number of hydrogen-bond acceptors (Lipinski definition) is 3. The van der Waals surface area contributed by atoms with Crippen LogP contribution in [-0.2, 0) is 15.5 Å². The Hall–Kier alpha value is -1.52. The predicted octanol–water partition coefficient (Wildman–Crippen LogP) is 4.41.